The Balaban J connectivity index is 2.08. The van der Waals surface area contributed by atoms with Crippen molar-refractivity contribution in [1.82, 2.24) is 10.3 Å². The smallest absolute Gasteiger partial charge is 0.346 e. The standard InChI is InChI=1S/C17H16F3N3O2/c1-10(12-3-5-14(6-4-12)17(18,19)20)22-16(25)13-7-8-21-15(9-13)23-11(2)24/h3-10H,1-2H3,(H,22,25)(H,21,23,24). The summed E-state index contributed by atoms with van der Waals surface area (Å²) in [7, 11) is 0. The molecule has 1 heterocycles. The summed E-state index contributed by atoms with van der Waals surface area (Å²) in [4.78, 5) is 27.2. The van der Waals surface area contributed by atoms with Gasteiger partial charge in [0.1, 0.15) is 5.82 Å². The Morgan fingerprint density at radius 2 is 1.76 bits per heavy atom. The van der Waals surface area contributed by atoms with E-state index in [2.05, 4.69) is 15.6 Å². The molecule has 0 radical (unpaired) electrons. The number of nitrogens with one attached hydrogen (secondary N) is 2. The van der Waals surface area contributed by atoms with E-state index >= 15 is 0 Å². The van der Waals surface area contributed by atoms with E-state index in [9.17, 15) is 22.8 Å². The highest BCUT2D eigenvalue weighted by Crippen LogP contribution is 2.29. The van der Waals surface area contributed by atoms with Crippen molar-refractivity contribution in [2.24, 2.45) is 0 Å². The van der Waals surface area contributed by atoms with Gasteiger partial charge < -0.3 is 10.6 Å². The number of anilines is 1. The molecule has 0 aliphatic carbocycles. The molecule has 1 aromatic heterocycles. The fourth-order valence-electron chi connectivity index (χ4n) is 2.14. The molecule has 25 heavy (non-hydrogen) atoms. The Morgan fingerprint density at radius 3 is 2.32 bits per heavy atom. The number of hydrogen-bond donors (Lipinski definition) is 2. The highest BCUT2D eigenvalue weighted by molar-refractivity contribution is 5.96. The average molecular weight is 351 g/mol. The van der Waals surface area contributed by atoms with Gasteiger partial charge in [0.05, 0.1) is 11.6 Å². The lowest BCUT2D eigenvalue weighted by Crippen LogP contribution is -2.27. The molecule has 0 saturated heterocycles. The predicted molar refractivity (Wildman–Crippen MR) is 85.9 cm³/mol. The Bertz CT molecular complexity index is 773. The van der Waals surface area contributed by atoms with E-state index in [4.69, 9.17) is 0 Å². The second-order valence-electron chi connectivity index (χ2n) is 5.43. The molecule has 2 aromatic rings. The fourth-order valence-corrected chi connectivity index (χ4v) is 2.14. The largest absolute Gasteiger partial charge is 0.416 e. The van der Waals surface area contributed by atoms with E-state index < -0.39 is 23.7 Å². The summed E-state index contributed by atoms with van der Waals surface area (Å²) in [6.45, 7) is 2.98. The lowest BCUT2D eigenvalue weighted by atomic mass is 10.1. The summed E-state index contributed by atoms with van der Waals surface area (Å²) >= 11 is 0. The quantitative estimate of drug-likeness (QED) is 0.885. The second-order valence-corrected chi connectivity index (χ2v) is 5.43. The highest BCUT2D eigenvalue weighted by Gasteiger charge is 2.30. The summed E-state index contributed by atoms with van der Waals surface area (Å²) in [5.74, 6) is -0.507. The first-order chi connectivity index (χ1) is 11.7. The van der Waals surface area contributed by atoms with Crippen LogP contribution in [0, 0.1) is 0 Å². The number of carbonyl (C=O) groups is 2. The van der Waals surface area contributed by atoms with E-state index in [0.29, 0.717) is 5.56 Å². The van der Waals surface area contributed by atoms with Crippen molar-refractivity contribution in [3.05, 3.63) is 59.3 Å². The average Bonchev–Trinajstić information content (AvgIpc) is 2.53. The molecular formula is C17H16F3N3O2. The van der Waals surface area contributed by atoms with Crippen molar-refractivity contribution in [2.45, 2.75) is 26.1 Å². The number of rotatable bonds is 4. The lowest BCUT2D eigenvalue weighted by Gasteiger charge is -2.16. The molecule has 2 amide bonds. The van der Waals surface area contributed by atoms with E-state index in [1.807, 2.05) is 0 Å². The Hall–Kier alpha value is -2.90. The molecular weight excluding hydrogens is 335 g/mol. The molecule has 1 atom stereocenters. The van der Waals surface area contributed by atoms with E-state index in [1.165, 1.54) is 37.4 Å². The van der Waals surface area contributed by atoms with Crippen LogP contribution < -0.4 is 10.6 Å². The van der Waals surface area contributed by atoms with Crippen LogP contribution in [-0.4, -0.2) is 16.8 Å². The van der Waals surface area contributed by atoms with Gasteiger partial charge in [0.25, 0.3) is 5.91 Å². The number of aromatic nitrogens is 1. The van der Waals surface area contributed by atoms with Crippen LogP contribution in [0.5, 0.6) is 0 Å². The molecule has 8 heteroatoms. The van der Waals surface area contributed by atoms with Gasteiger partial charge in [0.15, 0.2) is 0 Å². The van der Waals surface area contributed by atoms with Gasteiger partial charge in [0.2, 0.25) is 5.91 Å². The topological polar surface area (TPSA) is 71.1 Å². The molecule has 2 N–H and O–H groups in total. The molecule has 1 aromatic carbocycles. The van der Waals surface area contributed by atoms with Gasteiger partial charge in [-0.2, -0.15) is 13.2 Å². The molecule has 5 nitrogen and oxygen atoms in total. The van der Waals surface area contributed by atoms with Crippen molar-refractivity contribution in [3.8, 4) is 0 Å². The first-order valence-electron chi connectivity index (χ1n) is 7.38. The SMILES string of the molecule is CC(=O)Nc1cc(C(=O)NC(C)c2ccc(C(F)(F)F)cc2)ccn1. The molecule has 2 rings (SSSR count). The van der Waals surface area contributed by atoms with Crippen molar-refractivity contribution in [3.63, 3.8) is 0 Å². The zero-order chi connectivity index (χ0) is 18.6. The first kappa shape index (κ1) is 18.4. The van der Waals surface area contributed by atoms with Gasteiger partial charge in [-0.1, -0.05) is 12.1 Å². The Labute approximate surface area is 142 Å². The third-order valence-electron chi connectivity index (χ3n) is 3.41. The van der Waals surface area contributed by atoms with Crippen LogP contribution >= 0.6 is 0 Å². The van der Waals surface area contributed by atoms with Gasteiger partial charge in [-0.25, -0.2) is 4.98 Å². The summed E-state index contributed by atoms with van der Waals surface area (Å²) in [5.41, 5.74) is 0.0684. The van der Waals surface area contributed by atoms with Crippen molar-refractivity contribution < 1.29 is 22.8 Å². The summed E-state index contributed by atoms with van der Waals surface area (Å²) < 4.78 is 37.7. The van der Waals surface area contributed by atoms with Crippen LogP contribution in [0.2, 0.25) is 0 Å². The second kappa shape index (κ2) is 7.33. The summed E-state index contributed by atoms with van der Waals surface area (Å²) in [6, 6.07) is 6.98. The third-order valence-corrected chi connectivity index (χ3v) is 3.41. The highest BCUT2D eigenvalue weighted by atomic mass is 19.4. The monoisotopic (exact) mass is 351 g/mol. The van der Waals surface area contributed by atoms with Crippen LogP contribution in [0.4, 0.5) is 19.0 Å². The molecule has 1 unspecified atom stereocenters. The molecule has 0 saturated carbocycles. The molecule has 0 bridgehead atoms. The van der Waals surface area contributed by atoms with Crippen molar-refractivity contribution in [2.75, 3.05) is 5.32 Å². The normalized spacial score (nSPS) is 12.4. The van der Waals surface area contributed by atoms with Gasteiger partial charge >= 0.3 is 6.18 Å². The number of carbonyl (C=O) groups excluding carboxylic acids is 2. The summed E-state index contributed by atoms with van der Waals surface area (Å²) in [6.07, 6.45) is -3.02. The zero-order valence-corrected chi connectivity index (χ0v) is 13.5. The predicted octanol–water partition coefficient (Wildman–Crippen LogP) is 3.55. The maximum absolute atomic E-state index is 12.6. The van der Waals surface area contributed by atoms with Gasteiger partial charge in [0, 0.05) is 18.7 Å². The number of amides is 2. The number of pyridine rings is 1. The lowest BCUT2D eigenvalue weighted by molar-refractivity contribution is -0.137. The molecule has 0 fully saturated rings. The third kappa shape index (κ3) is 5.03. The summed E-state index contributed by atoms with van der Waals surface area (Å²) in [5, 5.41) is 5.16. The van der Waals surface area contributed by atoms with E-state index in [-0.39, 0.29) is 17.3 Å². The number of nitrogens with zero attached hydrogens (tertiary/aromatic N) is 1. The van der Waals surface area contributed by atoms with Gasteiger partial charge in [-0.05, 0) is 36.8 Å². The first-order valence-corrected chi connectivity index (χ1v) is 7.38. The molecule has 0 aliphatic heterocycles. The molecule has 132 valence electrons. The fraction of sp³-hybridized carbons (Fsp3) is 0.235. The Morgan fingerprint density at radius 1 is 1.12 bits per heavy atom. The maximum Gasteiger partial charge on any atom is 0.416 e. The zero-order valence-electron chi connectivity index (χ0n) is 13.5. The van der Waals surface area contributed by atoms with Crippen LogP contribution in [0.15, 0.2) is 42.6 Å². The Kier molecular flexibility index (Phi) is 5.41. The minimum atomic E-state index is -4.40. The van der Waals surface area contributed by atoms with Crippen LogP contribution in [0.3, 0.4) is 0 Å². The van der Waals surface area contributed by atoms with Crippen molar-refractivity contribution in [1.29, 1.82) is 0 Å². The van der Waals surface area contributed by atoms with Crippen molar-refractivity contribution >= 4 is 17.6 Å². The molecule has 0 spiro atoms. The number of halogens is 3. The van der Waals surface area contributed by atoms with Crippen LogP contribution in [-0.2, 0) is 11.0 Å². The van der Waals surface area contributed by atoms with Crippen LogP contribution in [0.25, 0.3) is 0 Å². The minimum absolute atomic E-state index is 0.238. The minimum Gasteiger partial charge on any atom is -0.346 e. The van der Waals surface area contributed by atoms with Gasteiger partial charge in [-0.3, -0.25) is 9.59 Å². The van der Waals surface area contributed by atoms with E-state index in [0.717, 1.165) is 12.1 Å². The number of alkyl halides is 3. The maximum atomic E-state index is 12.6. The van der Waals surface area contributed by atoms with Gasteiger partial charge in [-0.15, -0.1) is 0 Å². The van der Waals surface area contributed by atoms with Crippen LogP contribution in [0.1, 0.15) is 41.4 Å². The molecule has 0 aliphatic rings. The number of benzene rings is 1. The number of hydrogen-bond acceptors (Lipinski definition) is 3. The van der Waals surface area contributed by atoms with E-state index in [1.54, 1.807) is 6.92 Å².